The quantitative estimate of drug-likeness (QED) is 0.456. The first-order valence-corrected chi connectivity index (χ1v) is 6.27. The minimum Gasteiger partial charge on any atom is -0.298 e. The summed E-state index contributed by atoms with van der Waals surface area (Å²) in [5.41, 5.74) is 3.00. The van der Waals surface area contributed by atoms with Gasteiger partial charge in [0.2, 0.25) is 5.91 Å². The fourth-order valence-corrected chi connectivity index (χ4v) is 1.95. The molecule has 1 amide bonds. The molecule has 0 radical (unpaired) electrons. The molecule has 1 rings (SSSR count). The lowest BCUT2D eigenvalue weighted by Crippen LogP contribution is -2.47. The van der Waals surface area contributed by atoms with Crippen molar-refractivity contribution in [1.29, 1.82) is 0 Å². The van der Waals surface area contributed by atoms with Crippen molar-refractivity contribution in [2.45, 2.75) is 27.3 Å². The number of nitrogens with two attached hydrogens (primary N) is 1. The average molecular weight is 249 g/mol. The van der Waals surface area contributed by atoms with E-state index < -0.39 is 5.41 Å². The highest BCUT2D eigenvalue weighted by Gasteiger charge is 2.29. The van der Waals surface area contributed by atoms with Gasteiger partial charge in [0.25, 0.3) is 0 Å². The van der Waals surface area contributed by atoms with Gasteiger partial charge in [0, 0.05) is 13.1 Å². The lowest BCUT2D eigenvalue weighted by atomic mass is 9.91. The Hall–Kier alpha value is -1.39. The van der Waals surface area contributed by atoms with Gasteiger partial charge >= 0.3 is 0 Å². The van der Waals surface area contributed by atoms with Gasteiger partial charge in [-0.1, -0.05) is 37.3 Å². The summed E-state index contributed by atoms with van der Waals surface area (Å²) in [6.07, 6.45) is 0. The van der Waals surface area contributed by atoms with E-state index in [1.165, 1.54) is 5.56 Å². The topological polar surface area (TPSA) is 58.4 Å². The Balaban J connectivity index is 2.65. The first-order valence-electron chi connectivity index (χ1n) is 6.27. The predicted molar refractivity (Wildman–Crippen MR) is 73.5 cm³/mol. The van der Waals surface area contributed by atoms with Crippen LogP contribution in [0.1, 0.15) is 26.3 Å². The molecule has 0 aliphatic carbocycles. The number of amides is 1. The van der Waals surface area contributed by atoms with E-state index in [1.807, 2.05) is 32.0 Å². The highest BCUT2D eigenvalue weighted by atomic mass is 16.2. The molecule has 0 atom stereocenters. The Kier molecular flexibility index (Phi) is 5.31. The van der Waals surface area contributed by atoms with Crippen molar-refractivity contribution < 1.29 is 4.79 Å². The predicted octanol–water partition coefficient (Wildman–Crippen LogP) is 1.52. The molecule has 0 bridgehead atoms. The second-order valence-electron chi connectivity index (χ2n) is 5.15. The van der Waals surface area contributed by atoms with Crippen molar-refractivity contribution in [1.82, 2.24) is 10.3 Å². The number of nitrogens with zero attached hydrogens (tertiary/aromatic N) is 1. The molecule has 0 spiro atoms. The molecule has 18 heavy (non-hydrogen) atoms. The number of nitrogens with one attached hydrogen (secondary N) is 1. The molecule has 4 nitrogen and oxygen atoms in total. The van der Waals surface area contributed by atoms with Gasteiger partial charge in [0.1, 0.15) is 0 Å². The molecule has 0 saturated heterocycles. The first kappa shape index (κ1) is 14.7. The van der Waals surface area contributed by atoms with Gasteiger partial charge in [-0.05, 0) is 26.0 Å². The van der Waals surface area contributed by atoms with Crippen LogP contribution < -0.4 is 11.3 Å². The molecule has 0 fully saturated rings. The van der Waals surface area contributed by atoms with Crippen LogP contribution in [0.15, 0.2) is 30.3 Å². The van der Waals surface area contributed by atoms with Crippen molar-refractivity contribution >= 4 is 5.91 Å². The van der Waals surface area contributed by atoms with Crippen LogP contribution in [0.3, 0.4) is 0 Å². The second kappa shape index (κ2) is 6.52. The maximum Gasteiger partial charge on any atom is 0.240 e. The largest absolute Gasteiger partial charge is 0.298 e. The van der Waals surface area contributed by atoms with E-state index in [4.69, 9.17) is 5.84 Å². The van der Waals surface area contributed by atoms with Crippen molar-refractivity contribution in [3.63, 3.8) is 0 Å². The van der Waals surface area contributed by atoms with Crippen LogP contribution in [0.5, 0.6) is 0 Å². The number of rotatable bonds is 6. The number of carbonyl (C=O) groups excluding carboxylic acids is 1. The molecular weight excluding hydrogens is 226 g/mol. The second-order valence-corrected chi connectivity index (χ2v) is 5.15. The van der Waals surface area contributed by atoms with E-state index >= 15 is 0 Å². The van der Waals surface area contributed by atoms with E-state index in [-0.39, 0.29) is 5.91 Å². The summed E-state index contributed by atoms with van der Waals surface area (Å²) < 4.78 is 0. The highest BCUT2D eigenvalue weighted by Crippen LogP contribution is 2.18. The Labute approximate surface area is 109 Å². The molecular formula is C14H23N3O. The smallest absolute Gasteiger partial charge is 0.240 e. The van der Waals surface area contributed by atoms with Crippen LogP contribution in [0.4, 0.5) is 0 Å². The SMILES string of the molecule is CCN(Cc1ccccc1)CC(C)(C)C(=O)NN. The van der Waals surface area contributed by atoms with Crippen molar-refractivity contribution in [3.8, 4) is 0 Å². The van der Waals surface area contributed by atoms with Gasteiger partial charge < -0.3 is 0 Å². The molecule has 0 heterocycles. The number of hydrogen-bond donors (Lipinski definition) is 2. The summed E-state index contributed by atoms with van der Waals surface area (Å²) in [5, 5.41) is 0. The Morgan fingerprint density at radius 2 is 1.94 bits per heavy atom. The van der Waals surface area contributed by atoms with E-state index in [0.29, 0.717) is 6.54 Å². The van der Waals surface area contributed by atoms with Gasteiger partial charge in [-0.25, -0.2) is 5.84 Å². The minimum absolute atomic E-state index is 0.131. The third-order valence-electron chi connectivity index (χ3n) is 3.06. The fraction of sp³-hybridized carbons (Fsp3) is 0.500. The average Bonchev–Trinajstić information content (AvgIpc) is 2.37. The summed E-state index contributed by atoms with van der Waals surface area (Å²) in [6, 6.07) is 10.3. The number of benzene rings is 1. The van der Waals surface area contributed by atoms with Crippen LogP contribution in [0.25, 0.3) is 0 Å². The van der Waals surface area contributed by atoms with Crippen molar-refractivity contribution in [3.05, 3.63) is 35.9 Å². The monoisotopic (exact) mass is 249 g/mol. The molecule has 0 aliphatic heterocycles. The van der Waals surface area contributed by atoms with Crippen LogP contribution in [-0.2, 0) is 11.3 Å². The van der Waals surface area contributed by atoms with Crippen LogP contribution >= 0.6 is 0 Å². The molecule has 4 heteroatoms. The lowest BCUT2D eigenvalue weighted by Gasteiger charge is -2.30. The van der Waals surface area contributed by atoms with Gasteiger partial charge in [-0.3, -0.25) is 15.1 Å². The van der Waals surface area contributed by atoms with E-state index in [0.717, 1.165) is 13.1 Å². The molecule has 1 aromatic carbocycles. The van der Waals surface area contributed by atoms with E-state index in [1.54, 1.807) is 0 Å². The van der Waals surface area contributed by atoms with Gasteiger partial charge in [0.05, 0.1) is 5.41 Å². The first-order chi connectivity index (χ1) is 8.49. The van der Waals surface area contributed by atoms with E-state index in [9.17, 15) is 4.79 Å². The zero-order valence-electron chi connectivity index (χ0n) is 11.4. The Morgan fingerprint density at radius 3 is 2.44 bits per heavy atom. The molecule has 100 valence electrons. The molecule has 0 aromatic heterocycles. The standard InChI is InChI=1S/C14H23N3O/c1-4-17(10-12-8-6-5-7-9-12)11-14(2,3)13(18)16-15/h5-9H,4,10-11,15H2,1-3H3,(H,16,18). The molecule has 0 unspecified atom stereocenters. The Morgan fingerprint density at radius 1 is 1.33 bits per heavy atom. The van der Waals surface area contributed by atoms with Gasteiger partial charge in [-0.15, -0.1) is 0 Å². The molecule has 1 aromatic rings. The highest BCUT2D eigenvalue weighted by molar-refractivity contribution is 5.81. The maximum absolute atomic E-state index is 11.7. The van der Waals surface area contributed by atoms with Gasteiger partial charge in [0.15, 0.2) is 0 Å². The number of hydrogen-bond acceptors (Lipinski definition) is 3. The summed E-state index contributed by atoms with van der Waals surface area (Å²) in [6.45, 7) is 8.33. The summed E-state index contributed by atoms with van der Waals surface area (Å²) in [4.78, 5) is 13.9. The zero-order valence-corrected chi connectivity index (χ0v) is 11.4. The Bertz CT molecular complexity index is 376. The van der Waals surface area contributed by atoms with Crippen molar-refractivity contribution in [2.24, 2.45) is 11.3 Å². The van der Waals surface area contributed by atoms with Gasteiger partial charge in [-0.2, -0.15) is 0 Å². The normalized spacial score (nSPS) is 11.6. The maximum atomic E-state index is 11.7. The summed E-state index contributed by atoms with van der Waals surface area (Å²) >= 11 is 0. The number of carbonyl (C=O) groups is 1. The molecule has 3 N–H and O–H groups in total. The molecule has 0 aliphatic rings. The van der Waals surface area contributed by atoms with E-state index in [2.05, 4.69) is 29.4 Å². The van der Waals surface area contributed by atoms with Crippen molar-refractivity contribution in [2.75, 3.05) is 13.1 Å². The summed E-state index contributed by atoms with van der Waals surface area (Å²) in [7, 11) is 0. The van der Waals surface area contributed by atoms with Crippen LogP contribution in [0.2, 0.25) is 0 Å². The minimum atomic E-state index is -0.487. The number of hydrazine groups is 1. The fourth-order valence-electron chi connectivity index (χ4n) is 1.95. The lowest BCUT2D eigenvalue weighted by molar-refractivity contribution is -0.130. The zero-order chi connectivity index (χ0) is 13.6. The van der Waals surface area contributed by atoms with Crippen LogP contribution in [0, 0.1) is 5.41 Å². The third kappa shape index (κ3) is 4.13. The molecule has 0 saturated carbocycles. The summed E-state index contributed by atoms with van der Waals surface area (Å²) in [5.74, 6) is 5.08. The van der Waals surface area contributed by atoms with Crippen LogP contribution in [-0.4, -0.2) is 23.9 Å². The third-order valence-corrected chi connectivity index (χ3v) is 3.06.